The molecule has 0 radical (unpaired) electrons. The highest BCUT2D eigenvalue weighted by molar-refractivity contribution is 5.51. The molecule has 0 amide bonds. The molecule has 1 rings (SSSR count). The Kier molecular flexibility index (Phi) is 4.24. The van der Waals surface area contributed by atoms with Crippen molar-refractivity contribution in [1.82, 2.24) is 0 Å². The Bertz CT molecular complexity index is 302. The maximum Gasteiger partial charge on any atom is 0.118 e. The monoisotopic (exact) mass is 190 g/mol. The summed E-state index contributed by atoms with van der Waals surface area (Å²) in [6.07, 6.45) is 6.34. The van der Waals surface area contributed by atoms with Crippen LogP contribution in [0.5, 0.6) is 5.75 Å². The van der Waals surface area contributed by atoms with E-state index in [1.807, 2.05) is 18.2 Å². The van der Waals surface area contributed by atoms with Gasteiger partial charge < -0.3 is 5.11 Å². The van der Waals surface area contributed by atoms with E-state index in [1.54, 1.807) is 6.07 Å². The number of rotatable bonds is 5. The zero-order chi connectivity index (χ0) is 10.4. The summed E-state index contributed by atoms with van der Waals surface area (Å²) < 4.78 is 0. The topological polar surface area (TPSA) is 20.2 Å². The van der Waals surface area contributed by atoms with Gasteiger partial charge in [0.2, 0.25) is 0 Å². The molecule has 0 aromatic heterocycles. The molecule has 1 aromatic rings. The third-order valence-electron chi connectivity index (χ3n) is 2.39. The Morgan fingerprint density at radius 2 is 2.14 bits per heavy atom. The van der Waals surface area contributed by atoms with Gasteiger partial charge in [-0.2, -0.15) is 0 Å². The first kappa shape index (κ1) is 10.8. The molecule has 0 aliphatic carbocycles. The third kappa shape index (κ3) is 2.91. The van der Waals surface area contributed by atoms with Crippen molar-refractivity contribution >= 4 is 6.08 Å². The summed E-state index contributed by atoms with van der Waals surface area (Å²) in [6.45, 7) is 5.90. The molecule has 1 heteroatoms. The first-order chi connectivity index (χ1) is 6.77. The fraction of sp³-hybridized carbons (Fsp3) is 0.385. The maximum atomic E-state index is 9.60. The normalized spacial score (nSPS) is 10.1. The fourth-order valence-corrected chi connectivity index (χ4v) is 1.50. The average Bonchev–Trinajstić information content (AvgIpc) is 2.21. The zero-order valence-electron chi connectivity index (χ0n) is 8.79. The van der Waals surface area contributed by atoms with Gasteiger partial charge in [-0.05, 0) is 36.1 Å². The lowest BCUT2D eigenvalue weighted by Gasteiger charge is -2.05. The maximum absolute atomic E-state index is 9.60. The van der Waals surface area contributed by atoms with Gasteiger partial charge in [-0.1, -0.05) is 38.5 Å². The van der Waals surface area contributed by atoms with Crippen molar-refractivity contribution in [3.05, 3.63) is 35.9 Å². The number of phenols is 1. The number of hydrogen-bond acceptors (Lipinski definition) is 1. The molecule has 1 aromatic carbocycles. The van der Waals surface area contributed by atoms with Crippen molar-refractivity contribution < 1.29 is 5.11 Å². The van der Waals surface area contributed by atoms with E-state index in [4.69, 9.17) is 0 Å². The molecule has 0 fully saturated rings. The summed E-state index contributed by atoms with van der Waals surface area (Å²) in [6, 6.07) is 5.64. The van der Waals surface area contributed by atoms with Crippen LogP contribution in [-0.4, -0.2) is 5.11 Å². The van der Waals surface area contributed by atoms with E-state index in [-0.39, 0.29) is 0 Å². The number of benzene rings is 1. The lowest BCUT2D eigenvalue weighted by molar-refractivity contribution is 0.466. The molecule has 76 valence electrons. The second-order valence-electron chi connectivity index (χ2n) is 3.55. The molecule has 0 aliphatic heterocycles. The summed E-state index contributed by atoms with van der Waals surface area (Å²) in [5, 5.41) is 9.60. The van der Waals surface area contributed by atoms with Crippen LogP contribution in [0.4, 0.5) is 0 Å². The van der Waals surface area contributed by atoms with E-state index in [1.165, 1.54) is 12.8 Å². The summed E-state index contributed by atoms with van der Waals surface area (Å²) in [5.74, 6) is 0.409. The number of hydrogen-bond donors (Lipinski definition) is 1. The number of phenolic OH excluding ortho intramolecular Hbond substituents is 1. The Morgan fingerprint density at radius 3 is 2.79 bits per heavy atom. The van der Waals surface area contributed by atoms with Crippen molar-refractivity contribution in [2.24, 2.45) is 0 Å². The van der Waals surface area contributed by atoms with E-state index >= 15 is 0 Å². The van der Waals surface area contributed by atoms with Gasteiger partial charge in [-0.25, -0.2) is 0 Å². The van der Waals surface area contributed by atoms with Crippen LogP contribution in [0.2, 0.25) is 0 Å². The first-order valence-corrected chi connectivity index (χ1v) is 5.22. The van der Waals surface area contributed by atoms with Gasteiger partial charge in [0.05, 0.1) is 0 Å². The van der Waals surface area contributed by atoms with Crippen LogP contribution < -0.4 is 0 Å². The molecule has 0 aliphatic rings. The predicted molar refractivity (Wildman–Crippen MR) is 61.4 cm³/mol. The van der Waals surface area contributed by atoms with Gasteiger partial charge in [0.25, 0.3) is 0 Å². The number of aromatic hydroxyl groups is 1. The van der Waals surface area contributed by atoms with Crippen LogP contribution in [-0.2, 0) is 6.42 Å². The van der Waals surface area contributed by atoms with Gasteiger partial charge in [0.1, 0.15) is 5.75 Å². The molecular weight excluding hydrogens is 172 g/mol. The van der Waals surface area contributed by atoms with E-state index < -0.39 is 0 Å². The van der Waals surface area contributed by atoms with Crippen LogP contribution in [0.1, 0.15) is 37.3 Å². The van der Waals surface area contributed by atoms with Crippen LogP contribution >= 0.6 is 0 Å². The Morgan fingerprint density at radius 1 is 1.36 bits per heavy atom. The van der Waals surface area contributed by atoms with Crippen LogP contribution in [0.15, 0.2) is 24.8 Å². The fourth-order valence-electron chi connectivity index (χ4n) is 1.50. The van der Waals surface area contributed by atoms with Gasteiger partial charge in [0.15, 0.2) is 0 Å². The Hall–Kier alpha value is -1.24. The van der Waals surface area contributed by atoms with Crippen LogP contribution in [0.3, 0.4) is 0 Å². The SMILES string of the molecule is C=Cc1ccc(O)c(CCCCC)c1. The highest BCUT2D eigenvalue weighted by Crippen LogP contribution is 2.21. The van der Waals surface area contributed by atoms with E-state index in [0.717, 1.165) is 24.0 Å². The molecule has 1 nitrogen and oxygen atoms in total. The molecule has 0 saturated heterocycles. The first-order valence-electron chi connectivity index (χ1n) is 5.22. The van der Waals surface area contributed by atoms with Crippen molar-refractivity contribution in [2.75, 3.05) is 0 Å². The van der Waals surface area contributed by atoms with Gasteiger partial charge in [-0.15, -0.1) is 0 Å². The van der Waals surface area contributed by atoms with E-state index in [0.29, 0.717) is 5.75 Å². The molecule has 0 unspecified atom stereocenters. The van der Waals surface area contributed by atoms with E-state index in [9.17, 15) is 5.11 Å². The molecule has 0 bridgehead atoms. The van der Waals surface area contributed by atoms with Crippen LogP contribution in [0, 0.1) is 0 Å². The quantitative estimate of drug-likeness (QED) is 0.701. The number of aryl methyl sites for hydroxylation is 1. The second-order valence-corrected chi connectivity index (χ2v) is 3.55. The molecule has 14 heavy (non-hydrogen) atoms. The minimum Gasteiger partial charge on any atom is -0.508 e. The van der Waals surface area contributed by atoms with Gasteiger partial charge in [0, 0.05) is 0 Å². The summed E-state index contributed by atoms with van der Waals surface area (Å²) in [4.78, 5) is 0. The predicted octanol–water partition coefficient (Wildman–Crippen LogP) is 3.77. The van der Waals surface area contributed by atoms with Gasteiger partial charge in [-0.3, -0.25) is 0 Å². The summed E-state index contributed by atoms with van der Waals surface area (Å²) in [7, 11) is 0. The Balaban J connectivity index is 2.68. The van der Waals surface area contributed by atoms with Crippen molar-refractivity contribution in [2.45, 2.75) is 32.6 Å². The lowest BCUT2D eigenvalue weighted by atomic mass is 10.0. The number of unbranched alkanes of at least 4 members (excludes halogenated alkanes) is 2. The minimum atomic E-state index is 0.409. The lowest BCUT2D eigenvalue weighted by Crippen LogP contribution is -1.87. The smallest absolute Gasteiger partial charge is 0.118 e. The zero-order valence-corrected chi connectivity index (χ0v) is 8.79. The molecule has 0 spiro atoms. The molecule has 0 saturated carbocycles. The second kappa shape index (κ2) is 5.48. The molecule has 0 atom stereocenters. The summed E-state index contributed by atoms with van der Waals surface area (Å²) >= 11 is 0. The average molecular weight is 190 g/mol. The third-order valence-corrected chi connectivity index (χ3v) is 2.39. The largest absolute Gasteiger partial charge is 0.508 e. The van der Waals surface area contributed by atoms with E-state index in [2.05, 4.69) is 13.5 Å². The highest BCUT2D eigenvalue weighted by Gasteiger charge is 2.00. The highest BCUT2D eigenvalue weighted by atomic mass is 16.3. The van der Waals surface area contributed by atoms with Crippen molar-refractivity contribution in [3.63, 3.8) is 0 Å². The molecule has 1 N–H and O–H groups in total. The molecular formula is C13H18O. The minimum absolute atomic E-state index is 0.409. The summed E-state index contributed by atoms with van der Waals surface area (Å²) in [5.41, 5.74) is 2.12. The van der Waals surface area contributed by atoms with Gasteiger partial charge >= 0.3 is 0 Å². The standard InChI is InChI=1S/C13H18O/c1-3-5-6-7-12-10-11(4-2)8-9-13(12)14/h4,8-10,14H,2-3,5-7H2,1H3. The Labute approximate surface area is 86.1 Å². The van der Waals surface area contributed by atoms with Crippen LogP contribution in [0.25, 0.3) is 6.08 Å². The molecule has 0 heterocycles. The van der Waals surface area contributed by atoms with Crippen molar-refractivity contribution in [1.29, 1.82) is 0 Å². The van der Waals surface area contributed by atoms with Crippen molar-refractivity contribution in [3.8, 4) is 5.75 Å².